The summed E-state index contributed by atoms with van der Waals surface area (Å²) in [6.45, 7) is 5.08. The second kappa shape index (κ2) is 6.40. The Kier molecular flexibility index (Phi) is 4.11. The zero-order chi connectivity index (χ0) is 18.6. The van der Waals surface area contributed by atoms with E-state index in [4.69, 9.17) is 0 Å². The van der Waals surface area contributed by atoms with Crippen LogP contribution in [-0.4, -0.2) is 5.11 Å². The molecule has 2 fully saturated rings. The number of benzene rings is 2. The normalized spacial score (nSPS) is 34.6. The van der Waals surface area contributed by atoms with Gasteiger partial charge in [0.05, 0.1) is 0 Å². The lowest BCUT2D eigenvalue weighted by atomic mass is 9.54. The van der Waals surface area contributed by atoms with E-state index in [0.717, 1.165) is 36.2 Å². The molecule has 1 nitrogen and oxygen atoms in total. The van der Waals surface area contributed by atoms with E-state index in [0.29, 0.717) is 17.1 Å². The van der Waals surface area contributed by atoms with Crippen LogP contribution in [0.2, 0.25) is 0 Å². The topological polar surface area (TPSA) is 20.2 Å². The van der Waals surface area contributed by atoms with Crippen molar-refractivity contribution in [2.45, 2.75) is 64.7 Å². The van der Waals surface area contributed by atoms with Gasteiger partial charge in [0.25, 0.3) is 0 Å². The Hall–Kier alpha value is -1.76. The average molecular weight is 361 g/mol. The summed E-state index contributed by atoms with van der Waals surface area (Å²) in [6, 6.07) is 15.0. The minimum absolute atomic E-state index is 0.492. The molecule has 1 heteroatoms. The molecule has 3 aliphatic rings. The first-order chi connectivity index (χ1) is 13.1. The van der Waals surface area contributed by atoms with E-state index in [1.165, 1.54) is 43.2 Å². The summed E-state index contributed by atoms with van der Waals surface area (Å²) in [5.74, 6) is 3.86. The standard InChI is InChI=1S/C26H32O/c1-17-8-11-24-22-10-9-19-16-25(27)20(14-18-6-4-3-5-7-18)15-23(19)21(22)12-13-26(17,24)2/h3-7,15-17,21-22,24,27H,8-14H2,1-2H3/t17-,21?,22?,24?,26+/m0/s1. The van der Waals surface area contributed by atoms with Gasteiger partial charge in [0.1, 0.15) is 5.75 Å². The Morgan fingerprint density at radius 2 is 1.85 bits per heavy atom. The predicted molar refractivity (Wildman–Crippen MR) is 111 cm³/mol. The van der Waals surface area contributed by atoms with Gasteiger partial charge in [0.2, 0.25) is 0 Å². The Morgan fingerprint density at radius 1 is 1.04 bits per heavy atom. The van der Waals surface area contributed by atoms with E-state index in [2.05, 4.69) is 56.3 Å². The number of rotatable bonds is 2. The molecule has 27 heavy (non-hydrogen) atoms. The fraction of sp³-hybridized carbons (Fsp3) is 0.538. The quantitative estimate of drug-likeness (QED) is 0.650. The smallest absolute Gasteiger partial charge is 0.119 e. The molecule has 0 heterocycles. The van der Waals surface area contributed by atoms with Crippen molar-refractivity contribution in [2.24, 2.45) is 23.2 Å². The molecule has 3 unspecified atom stereocenters. The van der Waals surface area contributed by atoms with E-state index in [-0.39, 0.29) is 0 Å². The van der Waals surface area contributed by atoms with Crippen LogP contribution in [0.15, 0.2) is 42.5 Å². The van der Waals surface area contributed by atoms with Gasteiger partial charge in [-0.15, -0.1) is 0 Å². The summed E-state index contributed by atoms with van der Waals surface area (Å²) in [4.78, 5) is 0. The number of hydrogen-bond donors (Lipinski definition) is 1. The summed E-state index contributed by atoms with van der Waals surface area (Å²) in [6.07, 6.45) is 8.88. The maximum Gasteiger partial charge on any atom is 0.119 e. The molecule has 0 amide bonds. The summed E-state index contributed by atoms with van der Waals surface area (Å²) < 4.78 is 0. The molecule has 2 aromatic carbocycles. The molecule has 3 aliphatic carbocycles. The summed E-state index contributed by atoms with van der Waals surface area (Å²) >= 11 is 0. The molecule has 5 rings (SSSR count). The number of hydrogen-bond acceptors (Lipinski definition) is 1. The minimum Gasteiger partial charge on any atom is -0.508 e. The highest BCUT2D eigenvalue weighted by Crippen LogP contribution is 2.63. The second-order valence-corrected chi connectivity index (χ2v) is 9.78. The zero-order valence-corrected chi connectivity index (χ0v) is 16.7. The molecular weight excluding hydrogens is 328 g/mol. The first-order valence-corrected chi connectivity index (χ1v) is 10.9. The molecule has 142 valence electrons. The number of fused-ring (bicyclic) bond motifs is 5. The van der Waals surface area contributed by atoms with Crippen molar-refractivity contribution in [3.63, 3.8) is 0 Å². The van der Waals surface area contributed by atoms with Gasteiger partial charge in [-0.05, 0) is 95.9 Å². The van der Waals surface area contributed by atoms with E-state index >= 15 is 0 Å². The molecule has 1 N–H and O–H groups in total. The highest BCUT2D eigenvalue weighted by molar-refractivity contribution is 5.47. The fourth-order valence-corrected chi connectivity index (χ4v) is 6.88. The Balaban J connectivity index is 1.49. The molecule has 0 aromatic heterocycles. The van der Waals surface area contributed by atoms with Crippen LogP contribution in [0.1, 0.15) is 74.1 Å². The van der Waals surface area contributed by atoms with Crippen LogP contribution >= 0.6 is 0 Å². The van der Waals surface area contributed by atoms with Gasteiger partial charge in [-0.1, -0.05) is 50.2 Å². The van der Waals surface area contributed by atoms with Gasteiger partial charge >= 0.3 is 0 Å². The van der Waals surface area contributed by atoms with Crippen molar-refractivity contribution < 1.29 is 5.11 Å². The van der Waals surface area contributed by atoms with Gasteiger partial charge in [-0.3, -0.25) is 0 Å². The highest BCUT2D eigenvalue weighted by atomic mass is 16.3. The van der Waals surface area contributed by atoms with Crippen molar-refractivity contribution >= 4 is 0 Å². The van der Waals surface area contributed by atoms with Crippen molar-refractivity contribution in [1.29, 1.82) is 0 Å². The van der Waals surface area contributed by atoms with Crippen LogP contribution in [0, 0.1) is 23.2 Å². The maximum atomic E-state index is 10.6. The minimum atomic E-state index is 0.492. The third kappa shape index (κ3) is 2.73. The Bertz CT molecular complexity index is 839. The Labute approximate surface area is 163 Å². The molecule has 2 aromatic rings. The van der Waals surface area contributed by atoms with Crippen LogP contribution < -0.4 is 0 Å². The second-order valence-electron chi connectivity index (χ2n) is 9.78. The first-order valence-electron chi connectivity index (χ1n) is 10.9. The molecule has 0 aliphatic heterocycles. The average Bonchev–Trinajstić information content (AvgIpc) is 2.98. The first kappa shape index (κ1) is 17.3. The van der Waals surface area contributed by atoms with Crippen LogP contribution in [0.4, 0.5) is 0 Å². The lowest BCUT2D eigenvalue weighted by molar-refractivity contribution is 0.0336. The zero-order valence-electron chi connectivity index (χ0n) is 16.7. The molecule has 0 spiro atoms. The number of aryl methyl sites for hydroxylation is 1. The largest absolute Gasteiger partial charge is 0.508 e. The van der Waals surface area contributed by atoms with Gasteiger partial charge in [0.15, 0.2) is 0 Å². The van der Waals surface area contributed by atoms with E-state index < -0.39 is 0 Å². The lowest BCUT2D eigenvalue weighted by Crippen LogP contribution is -2.41. The van der Waals surface area contributed by atoms with E-state index in [9.17, 15) is 5.11 Å². The van der Waals surface area contributed by atoms with E-state index in [1.807, 2.05) is 0 Å². The van der Waals surface area contributed by atoms with Crippen molar-refractivity contribution in [1.82, 2.24) is 0 Å². The fourth-order valence-electron chi connectivity index (χ4n) is 6.88. The van der Waals surface area contributed by atoms with Gasteiger partial charge in [-0.2, -0.15) is 0 Å². The summed E-state index contributed by atoms with van der Waals surface area (Å²) in [7, 11) is 0. The third-order valence-electron chi connectivity index (χ3n) is 8.64. The van der Waals surface area contributed by atoms with Gasteiger partial charge < -0.3 is 5.11 Å². The predicted octanol–water partition coefficient (Wildman–Crippen LogP) is 6.48. The molecule has 5 atom stereocenters. The lowest BCUT2D eigenvalue weighted by Gasteiger charge is -2.50. The van der Waals surface area contributed by atoms with Crippen molar-refractivity contribution in [2.75, 3.05) is 0 Å². The van der Waals surface area contributed by atoms with E-state index in [1.54, 1.807) is 5.56 Å². The molecular formula is C26H32O. The molecule has 2 saturated carbocycles. The van der Waals surface area contributed by atoms with Crippen molar-refractivity contribution in [3.8, 4) is 5.75 Å². The van der Waals surface area contributed by atoms with Crippen LogP contribution in [0.3, 0.4) is 0 Å². The molecule has 0 saturated heterocycles. The van der Waals surface area contributed by atoms with Crippen molar-refractivity contribution in [3.05, 3.63) is 64.7 Å². The third-order valence-corrected chi connectivity index (χ3v) is 8.64. The van der Waals surface area contributed by atoms with Crippen LogP contribution in [0.5, 0.6) is 5.75 Å². The van der Waals surface area contributed by atoms with Crippen LogP contribution in [0.25, 0.3) is 0 Å². The number of phenolic OH excluding ortho intramolecular Hbond substituents is 1. The SMILES string of the molecule is C[C@H]1CCC2C3CCc4cc(O)c(Cc5ccccc5)cc4C3CC[C@@]21C. The number of aromatic hydroxyl groups is 1. The molecule has 0 radical (unpaired) electrons. The molecule has 0 bridgehead atoms. The Morgan fingerprint density at radius 3 is 2.67 bits per heavy atom. The number of phenols is 1. The van der Waals surface area contributed by atoms with Crippen LogP contribution in [-0.2, 0) is 12.8 Å². The van der Waals surface area contributed by atoms with Gasteiger partial charge in [0, 0.05) is 6.42 Å². The summed E-state index contributed by atoms with van der Waals surface area (Å²) in [5, 5.41) is 10.6. The maximum absolute atomic E-state index is 10.6. The monoisotopic (exact) mass is 360 g/mol. The highest BCUT2D eigenvalue weighted by Gasteiger charge is 2.53. The summed E-state index contributed by atoms with van der Waals surface area (Å²) in [5.41, 5.74) is 5.94. The van der Waals surface area contributed by atoms with Gasteiger partial charge in [-0.25, -0.2) is 0 Å².